The van der Waals surface area contributed by atoms with E-state index in [4.69, 9.17) is 28.9 Å². The van der Waals surface area contributed by atoms with Gasteiger partial charge in [-0.1, -0.05) is 35.3 Å². The summed E-state index contributed by atoms with van der Waals surface area (Å²) < 4.78 is 0. The Balaban J connectivity index is 2.23. The van der Waals surface area contributed by atoms with Gasteiger partial charge in [0.1, 0.15) is 17.1 Å². The molecule has 2 aliphatic rings. The number of hydrogen-bond donors (Lipinski definition) is 2. The van der Waals surface area contributed by atoms with E-state index in [1.165, 1.54) is 6.21 Å². The molecule has 7 heteroatoms. The molecule has 3 rings (SSSR count). The zero-order valence-electron chi connectivity index (χ0n) is 12.5. The molecule has 3 N–H and O–H groups in total. The predicted octanol–water partition coefficient (Wildman–Crippen LogP) is 2.91. The molecule has 2 aliphatic heterocycles. The predicted molar refractivity (Wildman–Crippen MR) is 91.8 cm³/mol. The molecule has 0 aromatic heterocycles. The van der Waals surface area contributed by atoms with Crippen molar-refractivity contribution in [2.75, 3.05) is 4.90 Å². The van der Waals surface area contributed by atoms with Gasteiger partial charge >= 0.3 is 0 Å². The lowest BCUT2D eigenvalue weighted by Crippen LogP contribution is -2.34. The van der Waals surface area contributed by atoms with Crippen LogP contribution in [0, 0.1) is 19.8 Å². The molecular formula is C16H15Cl2N3O2. The number of rotatable bonds is 2. The van der Waals surface area contributed by atoms with Crippen molar-refractivity contribution in [2.24, 2.45) is 16.6 Å². The standard InChI is InChI=1S/C16H15Cl2N3O2/c1-7-3-4-11(22)8(2)13(7)21-14(18)12(15(19)23)10-5-9(17)6-20-16(10)21/h3-6,10,16,22H,1-2H3,(H2,19,23). The highest BCUT2D eigenvalue weighted by Gasteiger charge is 2.44. The Hall–Kier alpha value is -1.98. The topological polar surface area (TPSA) is 78.9 Å². The van der Waals surface area contributed by atoms with Gasteiger partial charge in [0, 0.05) is 11.8 Å². The second-order valence-corrected chi connectivity index (χ2v) is 6.38. The van der Waals surface area contributed by atoms with Gasteiger partial charge in [-0.2, -0.15) is 0 Å². The molecule has 0 saturated heterocycles. The smallest absolute Gasteiger partial charge is 0.248 e. The SMILES string of the molecule is Cc1ccc(O)c(C)c1N1C(Cl)=C(C(N)=O)C2C=C(Cl)C=NC21. The molecule has 1 aromatic rings. The van der Waals surface area contributed by atoms with Crippen LogP contribution in [0.5, 0.6) is 5.75 Å². The first kappa shape index (κ1) is 15.9. The number of allylic oxidation sites excluding steroid dienone is 1. The minimum Gasteiger partial charge on any atom is -0.508 e. The molecule has 23 heavy (non-hydrogen) atoms. The molecule has 0 aliphatic carbocycles. The third-order valence-electron chi connectivity index (χ3n) is 4.15. The van der Waals surface area contributed by atoms with Crippen LogP contribution in [0.15, 0.2) is 39.0 Å². The molecule has 1 amide bonds. The summed E-state index contributed by atoms with van der Waals surface area (Å²) in [6.45, 7) is 3.69. The van der Waals surface area contributed by atoms with E-state index in [0.29, 0.717) is 16.3 Å². The van der Waals surface area contributed by atoms with Gasteiger partial charge < -0.3 is 15.7 Å². The number of aromatic hydroxyl groups is 1. The van der Waals surface area contributed by atoms with Crippen LogP contribution in [0.25, 0.3) is 0 Å². The molecule has 0 bridgehead atoms. The molecular weight excluding hydrogens is 337 g/mol. The van der Waals surface area contributed by atoms with Gasteiger partial charge in [0.25, 0.3) is 0 Å². The number of phenolic OH excluding ortho intramolecular Hbond substituents is 1. The number of amides is 1. The Morgan fingerprint density at radius 2 is 2.04 bits per heavy atom. The van der Waals surface area contributed by atoms with E-state index in [0.717, 1.165) is 5.56 Å². The van der Waals surface area contributed by atoms with Gasteiger partial charge in [0.2, 0.25) is 5.91 Å². The number of primary amides is 1. The molecule has 2 unspecified atom stereocenters. The van der Waals surface area contributed by atoms with Crippen molar-refractivity contribution in [3.05, 3.63) is 45.1 Å². The van der Waals surface area contributed by atoms with Crippen LogP contribution in [-0.2, 0) is 4.79 Å². The van der Waals surface area contributed by atoms with Crippen LogP contribution in [0.3, 0.4) is 0 Å². The number of dihydropyridines is 1. The van der Waals surface area contributed by atoms with E-state index in [-0.39, 0.29) is 16.5 Å². The summed E-state index contributed by atoms with van der Waals surface area (Å²) in [4.78, 5) is 18.0. The first-order valence-electron chi connectivity index (χ1n) is 7.01. The summed E-state index contributed by atoms with van der Waals surface area (Å²) in [7, 11) is 0. The van der Waals surface area contributed by atoms with Gasteiger partial charge in [0.05, 0.1) is 22.2 Å². The highest BCUT2D eigenvalue weighted by Crippen LogP contribution is 2.46. The summed E-state index contributed by atoms with van der Waals surface area (Å²) in [5.41, 5.74) is 8.05. The van der Waals surface area contributed by atoms with Gasteiger partial charge in [-0.25, -0.2) is 0 Å². The molecule has 0 saturated carbocycles. The summed E-state index contributed by atoms with van der Waals surface area (Å²) in [6, 6.07) is 3.41. The Bertz CT molecular complexity index is 799. The van der Waals surface area contributed by atoms with Gasteiger partial charge in [-0.15, -0.1) is 0 Å². The molecule has 1 aromatic carbocycles. The Kier molecular flexibility index (Phi) is 3.86. The number of halogens is 2. The second-order valence-electron chi connectivity index (χ2n) is 5.58. The normalized spacial score (nSPS) is 23.1. The number of benzene rings is 1. The second kappa shape index (κ2) is 5.58. The van der Waals surface area contributed by atoms with Gasteiger partial charge in [-0.05, 0) is 25.5 Å². The fourth-order valence-corrected chi connectivity index (χ4v) is 3.67. The highest BCUT2D eigenvalue weighted by atomic mass is 35.5. The summed E-state index contributed by atoms with van der Waals surface area (Å²) >= 11 is 12.5. The van der Waals surface area contributed by atoms with Crippen molar-refractivity contribution in [2.45, 2.75) is 20.0 Å². The molecule has 5 nitrogen and oxygen atoms in total. The highest BCUT2D eigenvalue weighted by molar-refractivity contribution is 6.39. The van der Waals surface area contributed by atoms with Crippen LogP contribution in [0.1, 0.15) is 11.1 Å². The Morgan fingerprint density at radius 3 is 2.70 bits per heavy atom. The quantitative estimate of drug-likeness (QED) is 0.804. The largest absolute Gasteiger partial charge is 0.508 e. The van der Waals surface area contributed by atoms with E-state index in [1.807, 2.05) is 6.92 Å². The van der Waals surface area contributed by atoms with Gasteiger partial charge in [-0.3, -0.25) is 9.79 Å². The van der Waals surface area contributed by atoms with Crippen molar-refractivity contribution in [1.82, 2.24) is 0 Å². The average molecular weight is 352 g/mol. The van der Waals surface area contributed by atoms with E-state index in [2.05, 4.69) is 4.99 Å². The van der Waals surface area contributed by atoms with Gasteiger partial charge in [0.15, 0.2) is 0 Å². The first-order chi connectivity index (χ1) is 10.8. The molecule has 2 atom stereocenters. The number of nitrogens with two attached hydrogens (primary N) is 1. The summed E-state index contributed by atoms with van der Waals surface area (Å²) in [5.74, 6) is -0.882. The number of aryl methyl sites for hydroxylation is 1. The van der Waals surface area contributed by atoms with Crippen LogP contribution < -0.4 is 10.6 Å². The Labute approximate surface area is 143 Å². The van der Waals surface area contributed by atoms with E-state index in [9.17, 15) is 9.90 Å². The summed E-state index contributed by atoms with van der Waals surface area (Å²) in [5, 5.41) is 10.7. The number of nitrogens with zero attached hydrogens (tertiary/aromatic N) is 2. The third kappa shape index (κ3) is 2.40. The third-order valence-corrected chi connectivity index (χ3v) is 4.76. The maximum atomic E-state index is 11.9. The number of carbonyl (C=O) groups excluding carboxylic acids is 1. The Morgan fingerprint density at radius 1 is 1.35 bits per heavy atom. The lowest BCUT2D eigenvalue weighted by molar-refractivity contribution is -0.114. The maximum Gasteiger partial charge on any atom is 0.248 e. The zero-order chi connectivity index (χ0) is 16.9. The first-order valence-corrected chi connectivity index (χ1v) is 7.77. The molecule has 0 fully saturated rings. The minimum absolute atomic E-state index is 0.146. The molecule has 2 heterocycles. The number of anilines is 1. The summed E-state index contributed by atoms with van der Waals surface area (Å²) in [6.07, 6.45) is 2.79. The van der Waals surface area contributed by atoms with E-state index >= 15 is 0 Å². The number of phenols is 1. The molecule has 0 spiro atoms. The van der Waals surface area contributed by atoms with Crippen LogP contribution >= 0.6 is 23.2 Å². The maximum absolute atomic E-state index is 11.9. The zero-order valence-corrected chi connectivity index (χ0v) is 14.1. The van der Waals surface area contributed by atoms with E-state index in [1.54, 1.807) is 30.0 Å². The van der Waals surface area contributed by atoms with Crippen molar-refractivity contribution in [3.8, 4) is 5.75 Å². The van der Waals surface area contributed by atoms with Crippen LogP contribution in [0.4, 0.5) is 5.69 Å². The number of fused-ring (bicyclic) bond motifs is 1. The average Bonchev–Trinajstić information content (AvgIpc) is 2.75. The number of aliphatic imine (C=N–C) groups is 1. The number of carbonyl (C=O) groups is 1. The van der Waals surface area contributed by atoms with Crippen molar-refractivity contribution >= 4 is 41.0 Å². The minimum atomic E-state index is -0.610. The molecule has 0 radical (unpaired) electrons. The molecule has 120 valence electrons. The van der Waals surface area contributed by atoms with E-state index < -0.39 is 18.0 Å². The lowest BCUT2D eigenvalue weighted by Gasteiger charge is -2.31. The van der Waals surface area contributed by atoms with Crippen LogP contribution in [-0.4, -0.2) is 23.4 Å². The number of hydrogen-bond acceptors (Lipinski definition) is 4. The van der Waals surface area contributed by atoms with Crippen molar-refractivity contribution in [3.63, 3.8) is 0 Å². The van der Waals surface area contributed by atoms with Crippen molar-refractivity contribution in [1.29, 1.82) is 0 Å². The fraction of sp³-hybridized carbons (Fsp3) is 0.250. The lowest BCUT2D eigenvalue weighted by atomic mass is 9.96. The van der Waals surface area contributed by atoms with Crippen molar-refractivity contribution < 1.29 is 9.90 Å². The fourth-order valence-electron chi connectivity index (χ4n) is 3.08. The van der Waals surface area contributed by atoms with Crippen LogP contribution in [0.2, 0.25) is 0 Å². The monoisotopic (exact) mass is 351 g/mol.